The molecule has 2 aromatic rings. The Morgan fingerprint density at radius 1 is 0.850 bits per heavy atom. The van der Waals surface area contributed by atoms with Crippen LogP contribution in [0, 0.1) is 13.8 Å². The molecule has 0 atom stereocenters. The molecule has 0 bridgehead atoms. The van der Waals surface area contributed by atoms with Gasteiger partial charge in [0.25, 0.3) is 0 Å². The summed E-state index contributed by atoms with van der Waals surface area (Å²) in [4.78, 5) is 0. The molecule has 0 aliphatic carbocycles. The van der Waals surface area contributed by atoms with Crippen LogP contribution in [0.4, 0.5) is 5.69 Å². The van der Waals surface area contributed by atoms with Gasteiger partial charge in [-0.2, -0.15) is 0 Å². The first-order valence-corrected chi connectivity index (χ1v) is 8.31. The summed E-state index contributed by atoms with van der Waals surface area (Å²) < 4.78 is 25.5. The minimum Gasteiger partial charge on any atom is -0.266 e. The van der Waals surface area contributed by atoms with E-state index in [1.54, 1.807) is 0 Å². The van der Waals surface area contributed by atoms with E-state index in [0.717, 1.165) is 16.7 Å². The molecule has 0 saturated heterocycles. The van der Waals surface area contributed by atoms with Crippen molar-refractivity contribution in [3.8, 4) is 0 Å². The van der Waals surface area contributed by atoms with Gasteiger partial charge in [0.2, 0.25) is 10.0 Å². The van der Waals surface area contributed by atoms with E-state index in [1.165, 1.54) is 10.6 Å². The van der Waals surface area contributed by atoms with Crippen molar-refractivity contribution in [3.63, 3.8) is 0 Å². The molecule has 0 aliphatic rings. The van der Waals surface area contributed by atoms with Crippen molar-refractivity contribution in [3.05, 3.63) is 65.2 Å². The van der Waals surface area contributed by atoms with Gasteiger partial charge in [-0.1, -0.05) is 47.5 Å². The number of nitrogens with zero attached hydrogens (tertiary/aromatic N) is 1. The second-order valence-electron chi connectivity index (χ2n) is 5.09. The molecule has 0 spiro atoms. The largest absolute Gasteiger partial charge is 0.266 e. The Labute approximate surface area is 120 Å². The van der Waals surface area contributed by atoms with Crippen molar-refractivity contribution in [2.75, 3.05) is 10.6 Å². The predicted molar refractivity (Wildman–Crippen MR) is 83.4 cm³/mol. The summed E-state index contributed by atoms with van der Waals surface area (Å²) in [6, 6.07) is 15.4. The molecule has 2 aromatic carbocycles. The highest BCUT2D eigenvalue weighted by Gasteiger charge is 2.17. The number of anilines is 1. The molecule has 20 heavy (non-hydrogen) atoms. The molecule has 0 fully saturated rings. The number of benzene rings is 2. The van der Waals surface area contributed by atoms with Crippen molar-refractivity contribution in [1.29, 1.82) is 0 Å². The molecular formula is C16H19NO2S. The van der Waals surface area contributed by atoms with Gasteiger partial charge in [0.15, 0.2) is 0 Å². The van der Waals surface area contributed by atoms with E-state index in [1.807, 2.05) is 62.4 Å². The van der Waals surface area contributed by atoms with Gasteiger partial charge in [0, 0.05) is 0 Å². The van der Waals surface area contributed by atoms with Crippen molar-refractivity contribution in [1.82, 2.24) is 0 Å². The molecule has 4 heteroatoms. The van der Waals surface area contributed by atoms with E-state index in [2.05, 4.69) is 0 Å². The van der Waals surface area contributed by atoms with E-state index >= 15 is 0 Å². The summed E-state index contributed by atoms with van der Waals surface area (Å²) >= 11 is 0. The second kappa shape index (κ2) is 5.67. The number of hydrogen-bond acceptors (Lipinski definition) is 2. The lowest BCUT2D eigenvalue weighted by atomic mass is 10.1. The van der Waals surface area contributed by atoms with E-state index in [4.69, 9.17) is 0 Å². The maximum absolute atomic E-state index is 12.0. The van der Waals surface area contributed by atoms with Crippen LogP contribution in [-0.2, 0) is 16.6 Å². The van der Waals surface area contributed by atoms with Crippen molar-refractivity contribution >= 4 is 15.7 Å². The minimum absolute atomic E-state index is 0.349. The van der Waals surface area contributed by atoms with Crippen LogP contribution in [0.1, 0.15) is 16.7 Å². The molecule has 0 heterocycles. The summed E-state index contributed by atoms with van der Waals surface area (Å²) in [7, 11) is -3.31. The molecule has 0 aromatic heterocycles. The summed E-state index contributed by atoms with van der Waals surface area (Å²) in [6.45, 7) is 4.34. The molecule has 106 valence electrons. The van der Waals surface area contributed by atoms with Crippen LogP contribution >= 0.6 is 0 Å². The number of aryl methyl sites for hydroxylation is 2. The minimum atomic E-state index is -3.31. The van der Waals surface area contributed by atoms with Crippen molar-refractivity contribution in [2.45, 2.75) is 20.4 Å². The zero-order chi connectivity index (χ0) is 14.8. The highest BCUT2D eigenvalue weighted by Crippen LogP contribution is 2.21. The van der Waals surface area contributed by atoms with Crippen LogP contribution in [0.5, 0.6) is 0 Å². The zero-order valence-electron chi connectivity index (χ0n) is 12.0. The van der Waals surface area contributed by atoms with Crippen LogP contribution in [-0.4, -0.2) is 14.7 Å². The molecule has 0 N–H and O–H groups in total. The average molecular weight is 289 g/mol. The Bertz CT molecular complexity index is 673. The van der Waals surface area contributed by atoms with Crippen LogP contribution in [0.15, 0.2) is 48.5 Å². The fourth-order valence-electron chi connectivity index (χ4n) is 1.97. The molecular weight excluding hydrogens is 270 g/mol. The lowest BCUT2D eigenvalue weighted by molar-refractivity contribution is 0.596. The van der Waals surface area contributed by atoms with E-state index in [-0.39, 0.29) is 0 Å². The first-order valence-electron chi connectivity index (χ1n) is 6.46. The standard InChI is InChI=1S/C16H19NO2S/c1-13-4-8-15(9-5-13)12-17(20(3,18)19)16-10-6-14(2)7-11-16/h4-11H,12H2,1-3H3. The maximum atomic E-state index is 12.0. The smallest absolute Gasteiger partial charge is 0.232 e. The summed E-state index contributed by atoms with van der Waals surface area (Å²) in [5, 5.41) is 0. The third-order valence-electron chi connectivity index (χ3n) is 3.17. The Morgan fingerprint density at radius 2 is 1.30 bits per heavy atom. The number of hydrogen-bond donors (Lipinski definition) is 0. The van der Waals surface area contributed by atoms with Gasteiger partial charge in [-0.3, -0.25) is 4.31 Å². The third kappa shape index (κ3) is 3.61. The highest BCUT2D eigenvalue weighted by molar-refractivity contribution is 7.92. The lowest BCUT2D eigenvalue weighted by Gasteiger charge is -2.22. The van der Waals surface area contributed by atoms with Crippen LogP contribution in [0.25, 0.3) is 0 Å². The Hall–Kier alpha value is -1.81. The topological polar surface area (TPSA) is 37.4 Å². The summed E-state index contributed by atoms with van der Waals surface area (Å²) in [5.41, 5.74) is 3.94. The molecule has 0 saturated carbocycles. The average Bonchev–Trinajstić information content (AvgIpc) is 2.38. The fraction of sp³-hybridized carbons (Fsp3) is 0.250. The lowest BCUT2D eigenvalue weighted by Crippen LogP contribution is -2.29. The third-order valence-corrected chi connectivity index (χ3v) is 4.31. The SMILES string of the molecule is Cc1ccc(CN(c2ccc(C)cc2)S(C)(=O)=O)cc1. The number of sulfonamides is 1. The molecule has 0 unspecified atom stereocenters. The first kappa shape index (κ1) is 14.6. The predicted octanol–water partition coefficient (Wildman–Crippen LogP) is 3.27. The van der Waals surface area contributed by atoms with E-state index < -0.39 is 10.0 Å². The van der Waals surface area contributed by atoms with Gasteiger partial charge < -0.3 is 0 Å². The Kier molecular flexibility index (Phi) is 4.14. The van der Waals surface area contributed by atoms with E-state index in [0.29, 0.717) is 12.2 Å². The van der Waals surface area contributed by atoms with Crippen LogP contribution in [0.2, 0.25) is 0 Å². The molecule has 0 amide bonds. The normalized spacial score (nSPS) is 11.3. The van der Waals surface area contributed by atoms with Crippen LogP contribution in [0.3, 0.4) is 0 Å². The van der Waals surface area contributed by atoms with Gasteiger partial charge in [0.05, 0.1) is 18.5 Å². The Morgan fingerprint density at radius 3 is 1.75 bits per heavy atom. The van der Waals surface area contributed by atoms with Gasteiger partial charge in [-0.05, 0) is 31.5 Å². The van der Waals surface area contributed by atoms with E-state index in [9.17, 15) is 8.42 Å². The quantitative estimate of drug-likeness (QED) is 0.866. The van der Waals surface area contributed by atoms with Gasteiger partial charge in [-0.15, -0.1) is 0 Å². The molecule has 2 rings (SSSR count). The zero-order valence-corrected chi connectivity index (χ0v) is 12.8. The molecule has 0 radical (unpaired) electrons. The number of rotatable bonds is 4. The van der Waals surface area contributed by atoms with Crippen molar-refractivity contribution in [2.24, 2.45) is 0 Å². The molecule has 3 nitrogen and oxygen atoms in total. The van der Waals surface area contributed by atoms with Crippen LogP contribution < -0.4 is 4.31 Å². The molecule has 0 aliphatic heterocycles. The Balaban J connectivity index is 2.34. The van der Waals surface area contributed by atoms with Gasteiger partial charge >= 0.3 is 0 Å². The highest BCUT2D eigenvalue weighted by atomic mass is 32.2. The van der Waals surface area contributed by atoms with Gasteiger partial charge in [0.1, 0.15) is 0 Å². The second-order valence-corrected chi connectivity index (χ2v) is 7.00. The maximum Gasteiger partial charge on any atom is 0.232 e. The summed E-state index contributed by atoms with van der Waals surface area (Å²) in [5.74, 6) is 0. The monoisotopic (exact) mass is 289 g/mol. The van der Waals surface area contributed by atoms with Gasteiger partial charge in [-0.25, -0.2) is 8.42 Å². The fourth-order valence-corrected chi connectivity index (χ4v) is 2.86. The first-order chi connectivity index (χ1) is 9.36. The van der Waals surface area contributed by atoms with Crippen molar-refractivity contribution < 1.29 is 8.42 Å². The summed E-state index contributed by atoms with van der Waals surface area (Å²) in [6.07, 6.45) is 1.24.